The summed E-state index contributed by atoms with van der Waals surface area (Å²) in [6.45, 7) is 0. The number of carbonyl (C=O) groups is 1. The minimum Gasteiger partial charge on any atom is -0.273 e. The van der Waals surface area contributed by atoms with Gasteiger partial charge in [0, 0.05) is 5.56 Å². The highest BCUT2D eigenvalue weighted by molar-refractivity contribution is 5.99. The lowest BCUT2D eigenvalue weighted by atomic mass is 10.1. The molecule has 22 heavy (non-hydrogen) atoms. The van der Waals surface area contributed by atoms with Gasteiger partial charge in [0.25, 0.3) is 0 Å². The molecule has 3 aromatic carbocycles. The normalized spacial score (nSPS) is 10.9. The van der Waals surface area contributed by atoms with Crippen molar-refractivity contribution >= 4 is 22.9 Å². The maximum atomic E-state index is 11.8. The number of nitrogens with zero attached hydrogens (tertiary/aromatic N) is 1. The first-order valence-corrected chi connectivity index (χ1v) is 7.16. The molecule has 3 nitrogen and oxygen atoms in total. The molecule has 0 spiro atoms. The molecular formula is C19H16N2O. The van der Waals surface area contributed by atoms with Crippen molar-refractivity contribution in [2.75, 3.05) is 0 Å². The Morgan fingerprint density at radius 1 is 0.909 bits per heavy atom. The lowest BCUT2D eigenvalue weighted by Gasteiger charge is -2.02. The van der Waals surface area contributed by atoms with E-state index in [9.17, 15) is 4.79 Å². The third-order valence-corrected chi connectivity index (χ3v) is 3.42. The van der Waals surface area contributed by atoms with Crippen LogP contribution < -0.4 is 5.43 Å². The molecule has 0 unspecified atom stereocenters. The van der Waals surface area contributed by atoms with E-state index in [0.717, 1.165) is 21.9 Å². The molecule has 0 bridgehead atoms. The Bertz CT molecular complexity index is 805. The summed E-state index contributed by atoms with van der Waals surface area (Å²) < 4.78 is 0. The monoisotopic (exact) mass is 288 g/mol. The van der Waals surface area contributed by atoms with Crippen LogP contribution in [-0.4, -0.2) is 12.1 Å². The molecule has 0 aliphatic rings. The van der Waals surface area contributed by atoms with Crippen molar-refractivity contribution in [3.05, 3.63) is 83.9 Å². The van der Waals surface area contributed by atoms with Gasteiger partial charge in [0.15, 0.2) is 0 Å². The quantitative estimate of drug-likeness (QED) is 0.579. The van der Waals surface area contributed by atoms with Gasteiger partial charge in [0.1, 0.15) is 0 Å². The lowest BCUT2D eigenvalue weighted by molar-refractivity contribution is -0.120. The summed E-state index contributed by atoms with van der Waals surface area (Å²) >= 11 is 0. The van der Waals surface area contributed by atoms with Crippen molar-refractivity contribution in [3.8, 4) is 0 Å². The third kappa shape index (κ3) is 3.38. The van der Waals surface area contributed by atoms with Crippen molar-refractivity contribution < 1.29 is 4.79 Å². The largest absolute Gasteiger partial charge is 0.273 e. The molecule has 0 aliphatic carbocycles. The molecule has 0 aromatic heterocycles. The molecule has 3 aromatic rings. The van der Waals surface area contributed by atoms with Gasteiger partial charge in [-0.25, -0.2) is 5.43 Å². The molecule has 1 amide bonds. The molecule has 0 radical (unpaired) electrons. The van der Waals surface area contributed by atoms with E-state index in [1.807, 2.05) is 60.7 Å². The van der Waals surface area contributed by atoms with Gasteiger partial charge < -0.3 is 0 Å². The summed E-state index contributed by atoms with van der Waals surface area (Å²) in [5, 5.41) is 6.33. The second-order valence-corrected chi connectivity index (χ2v) is 5.02. The zero-order chi connectivity index (χ0) is 15.2. The highest BCUT2D eigenvalue weighted by Crippen LogP contribution is 2.16. The summed E-state index contributed by atoms with van der Waals surface area (Å²) in [4.78, 5) is 11.8. The molecule has 0 saturated carbocycles. The van der Waals surface area contributed by atoms with Crippen LogP contribution in [0.4, 0.5) is 0 Å². The van der Waals surface area contributed by atoms with Crippen molar-refractivity contribution in [2.24, 2.45) is 5.10 Å². The SMILES string of the molecule is O=C(Cc1ccccc1)NN=Cc1cccc2ccccc12. The highest BCUT2D eigenvalue weighted by Gasteiger charge is 2.01. The van der Waals surface area contributed by atoms with Gasteiger partial charge in [0.2, 0.25) is 5.91 Å². The van der Waals surface area contributed by atoms with Crippen LogP contribution in [0.25, 0.3) is 10.8 Å². The number of fused-ring (bicyclic) bond motifs is 1. The van der Waals surface area contributed by atoms with Gasteiger partial charge in [-0.2, -0.15) is 5.10 Å². The van der Waals surface area contributed by atoms with E-state index in [1.165, 1.54) is 0 Å². The van der Waals surface area contributed by atoms with E-state index in [4.69, 9.17) is 0 Å². The average molecular weight is 288 g/mol. The molecule has 0 heterocycles. The van der Waals surface area contributed by atoms with E-state index in [0.29, 0.717) is 6.42 Å². The predicted octanol–water partition coefficient (Wildman–Crippen LogP) is 3.53. The van der Waals surface area contributed by atoms with Crippen LogP contribution in [0.5, 0.6) is 0 Å². The number of hydrogen-bond acceptors (Lipinski definition) is 2. The van der Waals surface area contributed by atoms with Gasteiger partial charge in [0.05, 0.1) is 12.6 Å². The number of hydrogen-bond donors (Lipinski definition) is 1. The van der Waals surface area contributed by atoms with Crippen LogP contribution in [-0.2, 0) is 11.2 Å². The van der Waals surface area contributed by atoms with E-state index >= 15 is 0 Å². The number of benzene rings is 3. The second kappa shape index (κ2) is 6.68. The zero-order valence-electron chi connectivity index (χ0n) is 12.1. The van der Waals surface area contributed by atoms with Gasteiger partial charge in [-0.3, -0.25) is 4.79 Å². The van der Waals surface area contributed by atoms with Crippen molar-refractivity contribution in [2.45, 2.75) is 6.42 Å². The lowest BCUT2D eigenvalue weighted by Crippen LogP contribution is -2.19. The van der Waals surface area contributed by atoms with Gasteiger partial charge in [-0.15, -0.1) is 0 Å². The first-order valence-electron chi connectivity index (χ1n) is 7.16. The Morgan fingerprint density at radius 2 is 1.64 bits per heavy atom. The van der Waals surface area contributed by atoms with Crippen LogP contribution in [0.15, 0.2) is 77.9 Å². The molecule has 3 heteroatoms. The molecule has 108 valence electrons. The van der Waals surface area contributed by atoms with Crippen molar-refractivity contribution in [1.82, 2.24) is 5.43 Å². The van der Waals surface area contributed by atoms with Gasteiger partial charge >= 0.3 is 0 Å². The van der Waals surface area contributed by atoms with Gasteiger partial charge in [-0.05, 0) is 16.3 Å². The van der Waals surface area contributed by atoms with Crippen LogP contribution in [0.2, 0.25) is 0 Å². The highest BCUT2D eigenvalue weighted by atomic mass is 16.2. The molecule has 0 atom stereocenters. The Hall–Kier alpha value is -2.94. The summed E-state index contributed by atoms with van der Waals surface area (Å²) in [7, 11) is 0. The van der Waals surface area contributed by atoms with Gasteiger partial charge in [-0.1, -0.05) is 72.8 Å². The fourth-order valence-electron chi connectivity index (χ4n) is 2.36. The molecule has 3 rings (SSSR count). The standard InChI is InChI=1S/C19H16N2O/c22-19(13-15-7-2-1-3-8-15)21-20-14-17-11-6-10-16-9-4-5-12-18(16)17/h1-12,14H,13H2,(H,21,22). The minimum absolute atomic E-state index is 0.123. The zero-order valence-corrected chi connectivity index (χ0v) is 12.1. The molecule has 1 N–H and O–H groups in total. The first kappa shape index (κ1) is 14.0. The van der Waals surface area contributed by atoms with Crippen molar-refractivity contribution in [1.29, 1.82) is 0 Å². The summed E-state index contributed by atoms with van der Waals surface area (Å²) in [5.74, 6) is -0.123. The van der Waals surface area contributed by atoms with Crippen LogP contribution >= 0.6 is 0 Å². The predicted molar refractivity (Wildman–Crippen MR) is 89.8 cm³/mol. The Kier molecular flexibility index (Phi) is 4.25. The van der Waals surface area contributed by atoms with Crippen LogP contribution in [0.1, 0.15) is 11.1 Å². The number of rotatable bonds is 4. The van der Waals surface area contributed by atoms with E-state index in [-0.39, 0.29) is 5.91 Å². The third-order valence-electron chi connectivity index (χ3n) is 3.42. The maximum absolute atomic E-state index is 11.8. The van der Waals surface area contributed by atoms with Crippen LogP contribution in [0.3, 0.4) is 0 Å². The van der Waals surface area contributed by atoms with Crippen molar-refractivity contribution in [3.63, 3.8) is 0 Å². The first-order chi connectivity index (χ1) is 10.8. The van der Waals surface area contributed by atoms with E-state index < -0.39 is 0 Å². The summed E-state index contributed by atoms with van der Waals surface area (Å²) in [6, 6.07) is 23.7. The fraction of sp³-hybridized carbons (Fsp3) is 0.0526. The summed E-state index contributed by atoms with van der Waals surface area (Å²) in [6.07, 6.45) is 2.01. The number of nitrogens with one attached hydrogen (secondary N) is 1. The maximum Gasteiger partial charge on any atom is 0.244 e. The topological polar surface area (TPSA) is 41.5 Å². The number of hydrazone groups is 1. The molecule has 0 saturated heterocycles. The number of carbonyl (C=O) groups excluding carboxylic acids is 1. The van der Waals surface area contributed by atoms with E-state index in [1.54, 1.807) is 6.21 Å². The minimum atomic E-state index is -0.123. The van der Waals surface area contributed by atoms with Crippen LogP contribution in [0, 0.1) is 0 Å². The Labute approximate surface area is 129 Å². The average Bonchev–Trinajstić information content (AvgIpc) is 2.56. The fourth-order valence-corrected chi connectivity index (χ4v) is 2.36. The van der Waals surface area contributed by atoms with E-state index in [2.05, 4.69) is 22.7 Å². The second-order valence-electron chi connectivity index (χ2n) is 5.02. The Morgan fingerprint density at radius 3 is 2.50 bits per heavy atom. The Balaban J connectivity index is 1.67. The molecule has 0 aliphatic heterocycles. The summed E-state index contributed by atoms with van der Waals surface area (Å²) in [5.41, 5.74) is 4.53. The number of amides is 1. The molecule has 0 fully saturated rings. The molecular weight excluding hydrogens is 272 g/mol. The smallest absolute Gasteiger partial charge is 0.244 e.